The Kier molecular flexibility index (Phi) is 2.46. The van der Waals surface area contributed by atoms with Gasteiger partial charge in [0.2, 0.25) is 0 Å². The third kappa shape index (κ3) is 1.90. The second-order valence-corrected chi connectivity index (χ2v) is 4.22. The maximum atomic E-state index is 5.69. The first-order valence-corrected chi connectivity index (χ1v) is 5.11. The molecule has 4 heteroatoms. The van der Waals surface area contributed by atoms with Crippen molar-refractivity contribution in [1.82, 2.24) is 9.78 Å². The predicted octanol–water partition coefficient (Wildman–Crippen LogP) is 1.33. The van der Waals surface area contributed by atoms with Gasteiger partial charge in [-0.15, -0.1) is 0 Å². The molecule has 78 valence electrons. The smallest absolute Gasteiger partial charge is 0.157 e. The highest BCUT2D eigenvalue weighted by Crippen LogP contribution is 2.24. The number of ether oxygens (including phenoxy) is 1. The van der Waals surface area contributed by atoms with Crippen LogP contribution in [0.2, 0.25) is 0 Å². The minimum atomic E-state index is 0.301. The lowest BCUT2D eigenvalue weighted by Crippen LogP contribution is -2.43. The zero-order chi connectivity index (χ0) is 10.1. The van der Waals surface area contributed by atoms with Crippen LogP contribution in [0.5, 0.6) is 5.75 Å². The van der Waals surface area contributed by atoms with Gasteiger partial charge in [0.05, 0.1) is 12.4 Å². The lowest BCUT2D eigenvalue weighted by Gasteiger charge is -2.31. The van der Waals surface area contributed by atoms with Crippen molar-refractivity contribution in [2.75, 3.05) is 0 Å². The molecule has 0 aromatic carbocycles. The second kappa shape index (κ2) is 3.61. The van der Waals surface area contributed by atoms with E-state index in [-0.39, 0.29) is 0 Å². The molecule has 14 heavy (non-hydrogen) atoms. The fraction of sp³-hybridized carbons (Fsp3) is 0.700. The van der Waals surface area contributed by atoms with E-state index in [2.05, 4.69) is 18.9 Å². The van der Waals surface area contributed by atoms with E-state index < -0.39 is 0 Å². The van der Waals surface area contributed by atoms with Crippen LogP contribution in [0.3, 0.4) is 0 Å². The van der Waals surface area contributed by atoms with Crippen molar-refractivity contribution in [2.24, 2.45) is 5.73 Å². The Hall–Kier alpha value is -1.03. The predicted molar refractivity (Wildman–Crippen MR) is 54.2 cm³/mol. The Morgan fingerprint density at radius 1 is 1.57 bits per heavy atom. The minimum absolute atomic E-state index is 0.301. The first-order chi connectivity index (χ1) is 6.65. The Labute approximate surface area is 84.0 Å². The molecule has 1 aromatic rings. The van der Waals surface area contributed by atoms with Gasteiger partial charge in [-0.05, 0) is 26.7 Å². The molecule has 0 unspecified atom stereocenters. The summed E-state index contributed by atoms with van der Waals surface area (Å²) in [6, 6.07) is 0.719. The molecule has 0 spiro atoms. The van der Waals surface area contributed by atoms with Crippen LogP contribution in [0, 0.1) is 0 Å². The average molecular weight is 195 g/mol. The highest BCUT2D eigenvalue weighted by Gasteiger charge is 2.27. The van der Waals surface area contributed by atoms with E-state index >= 15 is 0 Å². The quantitative estimate of drug-likeness (QED) is 0.791. The van der Waals surface area contributed by atoms with Crippen LogP contribution in [0.4, 0.5) is 0 Å². The van der Waals surface area contributed by atoms with Crippen molar-refractivity contribution in [3.63, 3.8) is 0 Å². The number of rotatable bonds is 3. The Balaban J connectivity index is 1.90. The molecule has 0 amide bonds. The molecule has 1 heterocycles. The summed E-state index contributed by atoms with van der Waals surface area (Å²) in [5.74, 6) is 0.857. The Morgan fingerprint density at radius 3 is 2.79 bits per heavy atom. The summed E-state index contributed by atoms with van der Waals surface area (Å²) in [7, 11) is 0. The van der Waals surface area contributed by atoms with Gasteiger partial charge in [-0.1, -0.05) is 0 Å². The summed E-state index contributed by atoms with van der Waals surface area (Å²) in [6.07, 6.45) is 5.94. The van der Waals surface area contributed by atoms with Crippen molar-refractivity contribution in [2.45, 2.75) is 44.9 Å². The summed E-state index contributed by atoms with van der Waals surface area (Å²) in [5, 5.41) is 4.21. The van der Waals surface area contributed by atoms with E-state index in [1.807, 2.05) is 10.9 Å². The van der Waals surface area contributed by atoms with E-state index in [0.717, 1.165) is 18.6 Å². The third-order valence-corrected chi connectivity index (χ3v) is 2.54. The standard InChI is InChI=1S/C10H17N3O/c1-7(2)13-6-10(5-12-13)14-9-3-8(11)4-9/h5-9H,3-4,11H2,1-2H3. The largest absolute Gasteiger partial charge is 0.487 e. The maximum absolute atomic E-state index is 5.69. The summed E-state index contributed by atoms with van der Waals surface area (Å²) in [4.78, 5) is 0. The van der Waals surface area contributed by atoms with E-state index in [4.69, 9.17) is 10.5 Å². The summed E-state index contributed by atoms with van der Waals surface area (Å²) >= 11 is 0. The van der Waals surface area contributed by atoms with Gasteiger partial charge in [0.25, 0.3) is 0 Å². The molecule has 1 fully saturated rings. The SMILES string of the molecule is CC(C)n1cc(OC2CC(N)C2)cn1. The molecule has 0 aliphatic heterocycles. The topological polar surface area (TPSA) is 53.1 Å². The Bertz CT molecular complexity index is 302. The zero-order valence-electron chi connectivity index (χ0n) is 8.68. The molecule has 1 aliphatic rings. The molecular formula is C10H17N3O. The monoisotopic (exact) mass is 195 g/mol. The van der Waals surface area contributed by atoms with E-state index in [1.54, 1.807) is 6.20 Å². The molecule has 1 saturated carbocycles. The second-order valence-electron chi connectivity index (χ2n) is 4.22. The van der Waals surface area contributed by atoms with Crippen LogP contribution >= 0.6 is 0 Å². The van der Waals surface area contributed by atoms with Gasteiger partial charge in [-0.2, -0.15) is 5.10 Å². The van der Waals surface area contributed by atoms with Gasteiger partial charge in [0.1, 0.15) is 6.10 Å². The lowest BCUT2D eigenvalue weighted by molar-refractivity contribution is 0.101. The number of hydrogen-bond acceptors (Lipinski definition) is 3. The first kappa shape index (κ1) is 9.52. The molecule has 0 atom stereocenters. The number of hydrogen-bond donors (Lipinski definition) is 1. The van der Waals surface area contributed by atoms with Gasteiger partial charge in [-0.3, -0.25) is 4.68 Å². The van der Waals surface area contributed by atoms with Crippen molar-refractivity contribution in [1.29, 1.82) is 0 Å². The summed E-state index contributed by atoms with van der Waals surface area (Å²) in [6.45, 7) is 4.19. The molecule has 1 aromatic heterocycles. The van der Waals surface area contributed by atoms with Gasteiger partial charge in [-0.25, -0.2) is 0 Å². The van der Waals surface area contributed by atoms with E-state index in [1.165, 1.54) is 0 Å². The van der Waals surface area contributed by atoms with Crippen molar-refractivity contribution >= 4 is 0 Å². The van der Waals surface area contributed by atoms with Crippen LogP contribution in [0.15, 0.2) is 12.4 Å². The molecular weight excluding hydrogens is 178 g/mol. The van der Waals surface area contributed by atoms with Crippen LogP contribution < -0.4 is 10.5 Å². The highest BCUT2D eigenvalue weighted by molar-refractivity contribution is 5.13. The highest BCUT2D eigenvalue weighted by atomic mass is 16.5. The van der Waals surface area contributed by atoms with Crippen LogP contribution in [0.25, 0.3) is 0 Å². The van der Waals surface area contributed by atoms with Crippen molar-refractivity contribution < 1.29 is 4.74 Å². The van der Waals surface area contributed by atoms with Crippen molar-refractivity contribution in [3.05, 3.63) is 12.4 Å². The number of nitrogens with two attached hydrogens (primary N) is 1. The van der Waals surface area contributed by atoms with Gasteiger partial charge >= 0.3 is 0 Å². The van der Waals surface area contributed by atoms with Crippen LogP contribution in [0.1, 0.15) is 32.7 Å². The molecule has 4 nitrogen and oxygen atoms in total. The maximum Gasteiger partial charge on any atom is 0.157 e. The molecule has 0 saturated heterocycles. The fourth-order valence-electron chi connectivity index (χ4n) is 1.56. The molecule has 0 bridgehead atoms. The summed E-state index contributed by atoms with van der Waals surface area (Å²) in [5.41, 5.74) is 5.68. The lowest BCUT2D eigenvalue weighted by atomic mass is 9.90. The normalized spacial score (nSPS) is 26.3. The minimum Gasteiger partial charge on any atom is -0.487 e. The average Bonchev–Trinajstić information content (AvgIpc) is 2.50. The van der Waals surface area contributed by atoms with Crippen LogP contribution in [-0.2, 0) is 0 Å². The number of nitrogens with zero attached hydrogens (tertiary/aromatic N) is 2. The fourth-order valence-corrected chi connectivity index (χ4v) is 1.56. The van der Waals surface area contributed by atoms with Gasteiger partial charge in [0, 0.05) is 12.1 Å². The summed E-state index contributed by atoms with van der Waals surface area (Å²) < 4.78 is 7.58. The molecule has 2 N–H and O–H groups in total. The zero-order valence-corrected chi connectivity index (χ0v) is 8.68. The molecule has 2 rings (SSSR count). The Morgan fingerprint density at radius 2 is 2.29 bits per heavy atom. The van der Waals surface area contributed by atoms with Gasteiger partial charge < -0.3 is 10.5 Å². The molecule has 0 radical (unpaired) electrons. The molecule has 1 aliphatic carbocycles. The van der Waals surface area contributed by atoms with E-state index in [9.17, 15) is 0 Å². The number of aromatic nitrogens is 2. The van der Waals surface area contributed by atoms with Crippen molar-refractivity contribution in [3.8, 4) is 5.75 Å². The van der Waals surface area contributed by atoms with Gasteiger partial charge in [0.15, 0.2) is 5.75 Å². The van der Waals surface area contributed by atoms with Crippen LogP contribution in [-0.4, -0.2) is 21.9 Å². The first-order valence-electron chi connectivity index (χ1n) is 5.11. The third-order valence-electron chi connectivity index (χ3n) is 2.54. The van der Waals surface area contributed by atoms with E-state index in [0.29, 0.717) is 18.2 Å².